The topological polar surface area (TPSA) is 61.0 Å². The zero-order valence-corrected chi connectivity index (χ0v) is 10.5. The molecule has 4 nitrogen and oxygen atoms in total. The van der Waals surface area contributed by atoms with Crippen molar-refractivity contribution in [2.24, 2.45) is 5.92 Å². The van der Waals surface area contributed by atoms with Crippen LogP contribution < -0.4 is 10.5 Å². The minimum absolute atomic E-state index is 0.556. The molecular formula is C13H21N3O. The molecule has 0 bridgehead atoms. The molecule has 0 aliphatic heterocycles. The first-order chi connectivity index (χ1) is 8.31. The van der Waals surface area contributed by atoms with Crippen LogP contribution in [0.5, 0.6) is 5.88 Å². The number of nitrogens with zero attached hydrogens (tertiary/aromatic N) is 2. The fourth-order valence-corrected chi connectivity index (χ4v) is 2.12. The highest BCUT2D eigenvalue weighted by Crippen LogP contribution is 2.29. The first-order valence-electron chi connectivity index (χ1n) is 6.53. The van der Waals surface area contributed by atoms with Gasteiger partial charge in [0.2, 0.25) is 5.88 Å². The lowest BCUT2D eigenvalue weighted by atomic mass is 9.83. The highest BCUT2D eigenvalue weighted by atomic mass is 16.5. The van der Waals surface area contributed by atoms with Crippen molar-refractivity contribution in [2.75, 3.05) is 12.3 Å². The fourth-order valence-electron chi connectivity index (χ4n) is 2.12. The summed E-state index contributed by atoms with van der Waals surface area (Å²) >= 11 is 0. The summed E-state index contributed by atoms with van der Waals surface area (Å²) in [4.78, 5) is 8.20. The van der Waals surface area contributed by atoms with Crippen LogP contribution in [0.3, 0.4) is 0 Å². The Morgan fingerprint density at radius 2 is 2.24 bits per heavy atom. The summed E-state index contributed by atoms with van der Waals surface area (Å²) in [5.74, 6) is 2.10. The predicted molar refractivity (Wildman–Crippen MR) is 67.9 cm³/mol. The molecule has 4 heteroatoms. The Hall–Kier alpha value is -1.32. The summed E-state index contributed by atoms with van der Waals surface area (Å²) in [6.45, 7) is 2.86. The number of anilines is 1. The minimum atomic E-state index is 0.556. The van der Waals surface area contributed by atoms with Gasteiger partial charge in [0.25, 0.3) is 0 Å². The van der Waals surface area contributed by atoms with E-state index in [0.717, 1.165) is 37.4 Å². The second-order valence-electron chi connectivity index (χ2n) is 4.73. The molecule has 0 amide bonds. The molecule has 2 N–H and O–H groups in total. The molecule has 0 radical (unpaired) electrons. The molecule has 0 atom stereocenters. The van der Waals surface area contributed by atoms with Gasteiger partial charge in [0.1, 0.15) is 12.1 Å². The maximum absolute atomic E-state index is 5.85. The molecule has 1 aromatic rings. The Balaban J connectivity index is 1.91. The zero-order valence-electron chi connectivity index (χ0n) is 10.5. The monoisotopic (exact) mass is 235 g/mol. The summed E-state index contributed by atoms with van der Waals surface area (Å²) in [5, 5.41) is 0. The number of hydrogen-bond acceptors (Lipinski definition) is 4. The molecule has 17 heavy (non-hydrogen) atoms. The number of aromatic nitrogens is 2. The molecule has 1 heterocycles. The Labute approximate surface area is 103 Å². The Kier molecular flexibility index (Phi) is 4.18. The first kappa shape index (κ1) is 12.1. The molecule has 1 fully saturated rings. The third-order valence-electron chi connectivity index (χ3n) is 3.43. The normalized spacial score (nSPS) is 15.6. The summed E-state index contributed by atoms with van der Waals surface area (Å²) in [6, 6.07) is 0. The average Bonchev–Trinajstić information content (AvgIpc) is 2.26. The van der Waals surface area contributed by atoms with E-state index >= 15 is 0 Å². The first-order valence-corrected chi connectivity index (χ1v) is 6.53. The van der Waals surface area contributed by atoms with E-state index in [0.29, 0.717) is 11.7 Å². The van der Waals surface area contributed by atoms with Gasteiger partial charge in [-0.05, 0) is 18.8 Å². The van der Waals surface area contributed by atoms with Crippen molar-refractivity contribution >= 4 is 5.82 Å². The lowest BCUT2D eigenvalue weighted by Crippen LogP contribution is -2.15. The fraction of sp³-hybridized carbons (Fsp3) is 0.692. The van der Waals surface area contributed by atoms with Gasteiger partial charge in [-0.2, -0.15) is 0 Å². The molecule has 0 unspecified atom stereocenters. The Morgan fingerprint density at radius 3 is 2.88 bits per heavy atom. The predicted octanol–water partition coefficient (Wildman–Crippen LogP) is 2.58. The van der Waals surface area contributed by atoms with E-state index in [1.54, 1.807) is 0 Å². The van der Waals surface area contributed by atoms with Crippen molar-refractivity contribution in [3.63, 3.8) is 0 Å². The number of nitrogen functional groups attached to an aromatic ring is 1. The van der Waals surface area contributed by atoms with E-state index in [-0.39, 0.29) is 0 Å². The molecule has 1 aromatic heterocycles. The third-order valence-corrected chi connectivity index (χ3v) is 3.43. The standard InChI is InChI=1S/C13H21N3O/c1-2-4-11-12(14)15-9-16-13(11)17-8-7-10-5-3-6-10/h9-10H,2-8H2,1H3,(H2,14,15,16). The highest BCUT2D eigenvalue weighted by molar-refractivity contribution is 5.44. The SMILES string of the molecule is CCCc1c(N)ncnc1OCCC1CCC1. The molecule has 0 saturated heterocycles. The van der Waals surface area contributed by atoms with Gasteiger partial charge in [-0.1, -0.05) is 32.6 Å². The van der Waals surface area contributed by atoms with Crippen LogP contribution >= 0.6 is 0 Å². The summed E-state index contributed by atoms with van der Waals surface area (Å²) in [5.41, 5.74) is 6.81. The van der Waals surface area contributed by atoms with E-state index in [9.17, 15) is 0 Å². The van der Waals surface area contributed by atoms with Gasteiger partial charge in [-0.25, -0.2) is 9.97 Å². The third kappa shape index (κ3) is 3.08. The van der Waals surface area contributed by atoms with Crippen LogP contribution in [0.4, 0.5) is 5.82 Å². The van der Waals surface area contributed by atoms with Gasteiger partial charge in [0.15, 0.2) is 0 Å². The Morgan fingerprint density at radius 1 is 1.41 bits per heavy atom. The van der Waals surface area contributed by atoms with Crippen LogP contribution in [0.25, 0.3) is 0 Å². The van der Waals surface area contributed by atoms with Gasteiger partial charge < -0.3 is 10.5 Å². The molecule has 94 valence electrons. The van der Waals surface area contributed by atoms with Crippen LogP contribution in [0.1, 0.15) is 44.6 Å². The van der Waals surface area contributed by atoms with Crippen LogP contribution in [0.15, 0.2) is 6.33 Å². The van der Waals surface area contributed by atoms with Gasteiger partial charge >= 0.3 is 0 Å². The number of ether oxygens (including phenoxy) is 1. The van der Waals surface area contributed by atoms with Crippen LogP contribution in [-0.4, -0.2) is 16.6 Å². The van der Waals surface area contributed by atoms with Gasteiger partial charge in [-0.3, -0.25) is 0 Å². The van der Waals surface area contributed by atoms with E-state index in [4.69, 9.17) is 10.5 Å². The number of nitrogens with two attached hydrogens (primary N) is 1. The van der Waals surface area contributed by atoms with E-state index < -0.39 is 0 Å². The molecule has 2 rings (SSSR count). The zero-order chi connectivity index (χ0) is 12.1. The van der Waals surface area contributed by atoms with Crippen LogP contribution in [0, 0.1) is 5.92 Å². The van der Waals surface area contributed by atoms with Crippen molar-refractivity contribution in [3.8, 4) is 5.88 Å². The largest absolute Gasteiger partial charge is 0.477 e. The molecular weight excluding hydrogens is 214 g/mol. The maximum atomic E-state index is 5.85. The van der Waals surface area contributed by atoms with E-state index in [1.165, 1.54) is 25.6 Å². The maximum Gasteiger partial charge on any atom is 0.221 e. The molecule has 0 aromatic carbocycles. The summed E-state index contributed by atoms with van der Waals surface area (Å²) < 4.78 is 5.75. The smallest absolute Gasteiger partial charge is 0.221 e. The lowest BCUT2D eigenvalue weighted by molar-refractivity contribution is 0.216. The second kappa shape index (κ2) is 5.84. The van der Waals surface area contributed by atoms with Crippen molar-refractivity contribution < 1.29 is 4.74 Å². The quantitative estimate of drug-likeness (QED) is 0.823. The summed E-state index contributed by atoms with van der Waals surface area (Å²) in [6.07, 6.45) is 8.62. The lowest BCUT2D eigenvalue weighted by Gasteiger charge is -2.25. The van der Waals surface area contributed by atoms with Crippen LogP contribution in [-0.2, 0) is 6.42 Å². The average molecular weight is 235 g/mol. The minimum Gasteiger partial charge on any atom is -0.477 e. The summed E-state index contributed by atoms with van der Waals surface area (Å²) in [7, 11) is 0. The number of rotatable bonds is 6. The van der Waals surface area contributed by atoms with Gasteiger partial charge in [0.05, 0.1) is 12.2 Å². The molecule has 1 aliphatic carbocycles. The molecule has 0 spiro atoms. The molecule has 1 saturated carbocycles. The van der Waals surface area contributed by atoms with Crippen molar-refractivity contribution in [2.45, 2.75) is 45.4 Å². The number of hydrogen-bond donors (Lipinski definition) is 1. The Bertz CT molecular complexity index is 364. The van der Waals surface area contributed by atoms with Gasteiger partial charge in [-0.15, -0.1) is 0 Å². The van der Waals surface area contributed by atoms with Crippen molar-refractivity contribution in [1.82, 2.24) is 9.97 Å². The van der Waals surface area contributed by atoms with Crippen LogP contribution in [0.2, 0.25) is 0 Å². The van der Waals surface area contributed by atoms with Crippen molar-refractivity contribution in [3.05, 3.63) is 11.9 Å². The highest BCUT2D eigenvalue weighted by Gasteiger charge is 2.17. The van der Waals surface area contributed by atoms with E-state index in [2.05, 4.69) is 16.9 Å². The second-order valence-corrected chi connectivity index (χ2v) is 4.73. The van der Waals surface area contributed by atoms with Gasteiger partial charge in [0, 0.05) is 0 Å². The van der Waals surface area contributed by atoms with E-state index in [1.807, 2.05) is 0 Å². The molecule has 1 aliphatic rings. The van der Waals surface area contributed by atoms with Crippen molar-refractivity contribution in [1.29, 1.82) is 0 Å².